The molecule has 1 atom stereocenters. The van der Waals surface area contributed by atoms with Gasteiger partial charge in [0.2, 0.25) is 0 Å². The van der Waals surface area contributed by atoms with Crippen molar-refractivity contribution in [3.05, 3.63) is 65.7 Å². The van der Waals surface area contributed by atoms with Gasteiger partial charge in [-0.3, -0.25) is 4.79 Å². The highest BCUT2D eigenvalue weighted by atomic mass is 16.5. The fourth-order valence-electron chi connectivity index (χ4n) is 4.00. The average molecular weight is 431 g/mol. The minimum atomic E-state index is -0.607. The van der Waals surface area contributed by atoms with Crippen LogP contribution in [0.25, 0.3) is 11.3 Å². The number of carbonyl (C=O) groups excluding carboxylic acids is 1. The monoisotopic (exact) mass is 430 g/mol. The maximum absolute atomic E-state index is 12.6. The van der Waals surface area contributed by atoms with E-state index in [2.05, 4.69) is 26.5 Å². The van der Waals surface area contributed by atoms with Crippen molar-refractivity contribution >= 4 is 17.4 Å². The number of carbonyl (C=O) groups is 1. The molecule has 6 nitrogen and oxygen atoms in total. The molecule has 0 bridgehead atoms. The Kier molecular flexibility index (Phi) is 6.69. The quantitative estimate of drug-likeness (QED) is 0.585. The molecule has 4 rings (SSSR count). The van der Waals surface area contributed by atoms with Gasteiger partial charge >= 0.3 is 0 Å². The Hall–Kier alpha value is -3.41. The highest BCUT2D eigenvalue weighted by Crippen LogP contribution is 2.23. The lowest BCUT2D eigenvalue weighted by atomic mass is 10.1. The average Bonchev–Trinajstić information content (AvgIpc) is 2.79. The summed E-state index contributed by atoms with van der Waals surface area (Å²) >= 11 is 0. The van der Waals surface area contributed by atoms with Gasteiger partial charge in [-0.1, -0.05) is 18.2 Å². The molecule has 1 aliphatic heterocycles. The van der Waals surface area contributed by atoms with Crippen LogP contribution >= 0.6 is 0 Å². The first kappa shape index (κ1) is 21.8. The summed E-state index contributed by atoms with van der Waals surface area (Å²) in [5.74, 6) is 1.45. The van der Waals surface area contributed by atoms with Crippen LogP contribution in [0.1, 0.15) is 37.3 Å². The Bertz CT molecular complexity index is 1040. The van der Waals surface area contributed by atoms with E-state index in [1.54, 1.807) is 6.92 Å². The van der Waals surface area contributed by atoms with Gasteiger partial charge in [0.1, 0.15) is 5.75 Å². The summed E-state index contributed by atoms with van der Waals surface area (Å²) < 4.78 is 5.83. The number of rotatable bonds is 6. The van der Waals surface area contributed by atoms with Crippen molar-refractivity contribution in [2.75, 3.05) is 23.3 Å². The molecule has 1 saturated heterocycles. The molecule has 32 heavy (non-hydrogen) atoms. The molecule has 1 aromatic heterocycles. The number of hydrogen-bond acceptors (Lipinski definition) is 5. The first-order valence-electron chi connectivity index (χ1n) is 11.2. The number of hydrogen-bond donors (Lipinski definition) is 1. The Labute approximate surface area is 189 Å². The lowest BCUT2D eigenvalue weighted by molar-refractivity contribution is -0.122. The van der Waals surface area contributed by atoms with E-state index in [1.807, 2.05) is 62.4 Å². The summed E-state index contributed by atoms with van der Waals surface area (Å²) in [5.41, 5.74) is 4.70. The van der Waals surface area contributed by atoms with Crippen LogP contribution in [-0.2, 0) is 4.79 Å². The van der Waals surface area contributed by atoms with E-state index in [4.69, 9.17) is 4.74 Å². The number of ether oxygens (including phenoxy) is 1. The molecule has 0 spiro atoms. The molecule has 166 valence electrons. The van der Waals surface area contributed by atoms with E-state index in [-0.39, 0.29) is 5.91 Å². The lowest BCUT2D eigenvalue weighted by Gasteiger charge is -2.27. The largest absolute Gasteiger partial charge is 0.481 e. The molecule has 1 unspecified atom stereocenters. The van der Waals surface area contributed by atoms with Crippen molar-refractivity contribution in [1.29, 1.82) is 0 Å². The van der Waals surface area contributed by atoms with E-state index in [9.17, 15) is 4.79 Å². The normalized spacial score (nSPS) is 14.7. The lowest BCUT2D eigenvalue weighted by Crippen LogP contribution is -2.30. The summed E-state index contributed by atoms with van der Waals surface area (Å²) in [6.07, 6.45) is 3.11. The molecule has 2 aromatic carbocycles. The first-order valence-corrected chi connectivity index (χ1v) is 11.2. The van der Waals surface area contributed by atoms with E-state index in [0.717, 1.165) is 41.3 Å². The van der Waals surface area contributed by atoms with Gasteiger partial charge in [-0.05, 0) is 87.6 Å². The molecule has 0 saturated carbocycles. The van der Waals surface area contributed by atoms with Gasteiger partial charge in [0.25, 0.3) is 5.91 Å². The summed E-state index contributed by atoms with van der Waals surface area (Å²) in [5, 5.41) is 11.7. The van der Waals surface area contributed by atoms with E-state index in [0.29, 0.717) is 11.4 Å². The zero-order chi connectivity index (χ0) is 22.5. The van der Waals surface area contributed by atoms with E-state index < -0.39 is 6.10 Å². The Morgan fingerprint density at radius 3 is 2.25 bits per heavy atom. The third-order valence-corrected chi connectivity index (χ3v) is 5.66. The Morgan fingerprint density at radius 1 is 0.938 bits per heavy atom. The van der Waals surface area contributed by atoms with Crippen molar-refractivity contribution < 1.29 is 9.53 Å². The van der Waals surface area contributed by atoms with Crippen LogP contribution in [0.2, 0.25) is 0 Å². The van der Waals surface area contributed by atoms with Crippen molar-refractivity contribution in [3.8, 4) is 17.0 Å². The second-order valence-corrected chi connectivity index (χ2v) is 8.47. The molecular formula is C26H30N4O2. The highest BCUT2D eigenvalue weighted by Gasteiger charge is 2.16. The number of piperidine rings is 1. The molecule has 3 aromatic rings. The molecule has 1 N–H and O–H groups in total. The SMILES string of the molecule is Cc1cc(C)cc(OC(C)C(=O)Nc2ccc(-c3ccc(N4CCCCC4)nn3)cc2)c1. The second-order valence-electron chi connectivity index (χ2n) is 8.47. The number of aryl methyl sites for hydroxylation is 2. The predicted octanol–water partition coefficient (Wildman–Crippen LogP) is 5.16. The van der Waals surface area contributed by atoms with Crippen molar-refractivity contribution in [3.63, 3.8) is 0 Å². The topological polar surface area (TPSA) is 67.3 Å². The Balaban J connectivity index is 1.36. The van der Waals surface area contributed by atoms with Gasteiger partial charge in [-0.2, -0.15) is 0 Å². The van der Waals surface area contributed by atoms with Crippen molar-refractivity contribution in [2.24, 2.45) is 0 Å². The molecule has 6 heteroatoms. The molecule has 0 radical (unpaired) electrons. The fourth-order valence-corrected chi connectivity index (χ4v) is 4.00. The zero-order valence-corrected chi connectivity index (χ0v) is 19.0. The fraction of sp³-hybridized carbons (Fsp3) is 0.346. The highest BCUT2D eigenvalue weighted by molar-refractivity contribution is 5.94. The minimum Gasteiger partial charge on any atom is -0.481 e. The summed E-state index contributed by atoms with van der Waals surface area (Å²) in [6, 6.07) is 17.6. The number of anilines is 2. The molecule has 2 heterocycles. The predicted molar refractivity (Wildman–Crippen MR) is 128 cm³/mol. The Morgan fingerprint density at radius 2 is 1.62 bits per heavy atom. The van der Waals surface area contributed by atoms with Gasteiger partial charge in [0.05, 0.1) is 5.69 Å². The van der Waals surface area contributed by atoms with E-state index in [1.165, 1.54) is 19.3 Å². The number of aromatic nitrogens is 2. The number of nitrogens with one attached hydrogen (secondary N) is 1. The van der Waals surface area contributed by atoms with Crippen LogP contribution in [0.5, 0.6) is 5.75 Å². The third kappa shape index (κ3) is 5.44. The molecule has 0 aliphatic carbocycles. The second kappa shape index (κ2) is 9.81. The number of benzene rings is 2. The molecule has 1 amide bonds. The summed E-state index contributed by atoms with van der Waals surface area (Å²) in [4.78, 5) is 14.9. The molecule has 1 aliphatic rings. The van der Waals surface area contributed by atoms with Crippen molar-refractivity contribution in [1.82, 2.24) is 10.2 Å². The summed E-state index contributed by atoms with van der Waals surface area (Å²) in [6.45, 7) is 7.87. The first-order chi connectivity index (χ1) is 15.5. The van der Waals surface area contributed by atoms with E-state index >= 15 is 0 Å². The van der Waals surface area contributed by atoms with Crippen LogP contribution in [0, 0.1) is 13.8 Å². The maximum Gasteiger partial charge on any atom is 0.265 e. The minimum absolute atomic E-state index is 0.192. The maximum atomic E-state index is 12.6. The summed E-state index contributed by atoms with van der Waals surface area (Å²) in [7, 11) is 0. The van der Waals surface area contributed by atoms with Crippen LogP contribution in [0.3, 0.4) is 0 Å². The standard InChI is InChI=1S/C26H30N4O2/c1-18-15-19(2)17-23(16-18)32-20(3)26(31)27-22-9-7-21(8-10-22)24-11-12-25(29-28-24)30-13-5-4-6-14-30/h7-12,15-17,20H,4-6,13-14H2,1-3H3,(H,27,31). The smallest absolute Gasteiger partial charge is 0.265 e. The zero-order valence-electron chi connectivity index (χ0n) is 19.0. The van der Waals surface area contributed by atoms with Crippen molar-refractivity contribution in [2.45, 2.75) is 46.1 Å². The third-order valence-electron chi connectivity index (χ3n) is 5.66. The van der Waals surface area contributed by atoms with Gasteiger partial charge in [-0.25, -0.2) is 0 Å². The van der Waals surface area contributed by atoms with Gasteiger partial charge in [0, 0.05) is 24.3 Å². The number of nitrogens with zero attached hydrogens (tertiary/aromatic N) is 3. The van der Waals surface area contributed by atoms with Gasteiger partial charge in [-0.15, -0.1) is 10.2 Å². The molecular weight excluding hydrogens is 400 g/mol. The molecule has 1 fully saturated rings. The van der Waals surface area contributed by atoms with Crippen LogP contribution in [-0.4, -0.2) is 35.3 Å². The van der Waals surface area contributed by atoms with Crippen LogP contribution in [0.15, 0.2) is 54.6 Å². The number of amides is 1. The van der Waals surface area contributed by atoms with Gasteiger partial charge < -0.3 is 15.0 Å². The van der Waals surface area contributed by atoms with Gasteiger partial charge in [0.15, 0.2) is 11.9 Å². The van der Waals surface area contributed by atoms with Crippen LogP contribution in [0.4, 0.5) is 11.5 Å². The van der Waals surface area contributed by atoms with Crippen LogP contribution < -0.4 is 15.0 Å².